The number of aromatic nitrogens is 3. The minimum Gasteiger partial charge on any atom is -0.385 e. The number of nitrogens with zero attached hydrogens (tertiary/aromatic N) is 4. The Kier molecular flexibility index (Phi) is 4.64. The molecule has 0 saturated carbocycles. The Morgan fingerprint density at radius 2 is 1.93 bits per heavy atom. The van der Waals surface area contributed by atoms with Crippen molar-refractivity contribution in [2.45, 2.75) is 25.9 Å². The number of anilines is 1. The standard InChI is InChI=1S/C20H18F2N4O2/c1-12(27)19-23-20(26(24-19)15-7-8-16(21)17(22)11-15)13-4-2-5-14(10-13)25-9-3-6-18(25)28/h2,4-5,7-8,10-12,27H,3,6,9H2,1H3. The first-order valence-corrected chi connectivity index (χ1v) is 8.95. The summed E-state index contributed by atoms with van der Waals surface area (Å²) in [5, 5.41) is 14.1. The number of benzene rings is 2. The monoisotopic (exact) mass is 384 g/mol. The van der Waals surface area contributed by atoms with Crippen molar-refractivity contribution in [3.05, 3.63) is 59.9 Å². The van der Waals surface area contributed by atoms with Crippen molar-refractivity contribution >= 4 is 11.6 Å². The minimum atomic E-state index is -1.01. The van der Waals surface area contributed by atoms with Crippen LogP contribution < -0.4 is 4.90 Å². The lowest BCUT2D eigenvalue weighted by Gasteiger charge is -2.16. The molecule has 8 heteroatoms. The molecule has 0 bridgehead atoms. The fourth-order valence-corrected chi connectivity index (χ4v) is 3.22. The zero-order valence-corrected chi connectivity index (χ0v) is 15.1. The number of hydrogen-bond acceptors (Lipinski definition) is 4. The molecule has 2 aromatic carbocycles. The summed E-state index contributed by atoms with van der Waals surface area (Å²) in [6, 6.07) is 10.6. The van der Waals surface area contributed by atoms with Crippen LogP contribution in [0.1, 0.15) is 31.7 Å². The Morgan fingerprint density at radius 3 is 2.61 bits per heavy atom. The van der Waals surface area contributed by atoms with E-state index >= 15 is 0 Å². The number of halogens is 2. The van der Waals surface area contributed by atoms with Gasteiger partial charge in [-0.1, -0.05) is 12.1 Å². The fourth-order valence-electron chi connectivity index (χ4n) is 3.22. The molecule has 1 amide bonds. The molecule has 0 spiro atoms. The lowest BCUT2D eigenvalue weighted by Crippen LogP contribution is -2.23. The molecular weight excluding hydrogens is 366 g/mol. The van der Waals surface area contributed by atoms with Crippen LogP contribution >= 0.6 is 0 Å². The molecule has 0 aliphatic carbocycles. The van der Waals surface area contributed by atoms with Crippen molar-refractivity contribution in [3.8, 4) is 17.1 Å². The number of amides is 1. The van der Waals surface area contributed by atoms with E-state index in [1.807, 2.05) is 6.07 Å². The Hall–Kier alpha value is -3.13. The first-order valence-electron chi connectivity index (χ1n) is 8.95. The zero-order chi connectivity index (χ0) is 19.8. The van der Waals surface area contributed by atoms with Crippen LogP contribution in [0.25, 0.3) is 17.1 Å². The number of aliphatic hydroxyl groups is 1. The molecule has 0 radical (unpaired) electrons. The highest BCUT2D eigenvalue weighted by atomic mass is 19.2. The van der Waals surface area contributed by atoms with E-state index in [2.05, 4.69) is 10.1 Å². The van der Waals surface area contributed by atoms with Gasteiger partial charge in [0.2, 0.25) is 5.91 Å². The van der Waals surface area contributed by atoms with Crippen molar-refractivity contribution in [1.29, 1.82) is 0 Å². The minimum absolute atomic E-state index is 0.0592. The fraction of sp³-hybridized carbons (Fsp3) is 0.250. The van der Waals surface area contributed by atoms with Gasteiger partial charge in [-0.25, -0.2) is 18.4 Å². The molecule has 1 saturated heterocycles. The van der Waals surface area contributed by atoms with Crippen molar-refractivity contribution < 1.29 is 18.7 Å². The molecule has 1 aliphatic rings. The van der Waals surface area contributed by atoms with Crippen LogP contribution in [0.2, 0.25) is 0 Å². The molecule has 6 nitrogen and oxygen atoms in total. The first kappa shape index (κ1) is 18.2. The predicted molar refractivity (Wildman–Crippen MR) is 98.9 cm³/mol. The second-order valence-corrected chi connectivity index (χ2v) is 6.68. The third kappa shape index (κ3) is 3.27. The molecule has 1 fully saturated rings. The van der Waals surface area contributed by atoms with Gasteiger partial charge in [0.25, 0.3) is 0 Å². The normalized spacial score (nSPS) is 15.3. The lowest BCUT2D eigenvalue weighted by molar-refractivity contribution is -0.117. The third-order valence-corrected chi connectivity index (χ3v) is 4.63. The summed E-state index contributed by atoms with van der Waals surface area (Å²) < 4.78 is 28.4. The van der Waals surface area contributed by atoms with E-state index in [1.165, 1.54) is 17.7 Å². The lowest BCUT2D eigenvalue weighted by atomic mass is 10.1. The Labute approximate surface area is 160 Å². The van der Waals surface area contributed by atoms with Crippen LogP contribution in [0.4, 0.5) is 14.5 Å². The van der Waals surface area contributed by atoms with Gasteiger partial charge in [-0.3, -0.25) is 4.79 Å². The molecule has 1 aromatic heterocycles. The van der Waals surface area contributed by atoms with E-state index in [4.69, 9.17) is 0 Å². The summed E-state index contributed by atoms with van der Waals surface area (Å²) in [7, 11) is 0. The molecule has 2 heterocycles. The SMILES string of the molecule is CC(O)c1nc(-c2cccc(N3CCCC3=O)c2)n(-c2ccc(F)c(F)c2)n1. The maximum atomic E-state index is 13.7. The second-order valence-electron chi connectivity index (χ2n) is 6.68. The van der Waals surface area contributed by atoms with Gasteiger partial charge in [-0.05, 0) is 37.6 Å². The number of rotatable bonds is 4. The van der Waals surface area contributed by atoms with Crippen LogP contribution in [0.5, 0.6) is 0 Å². The molecule has 1 unspecified atom stereocenters. The Balaban J connectivity index is 1.83. The average molecular weight is 384 g/mol. The van der Waals surface area contributed by atoms with E-state index in [0.717, 1.165) is 24.2 Å². The molecule has 144 valence electrons. The smallest absolute Gasteiger partial charge is 0.227 e. The number of aliphatic hydroxyl groups excluding tert-OH is 1. The van der Waals surface area contributed by atoms with Crippen LogP contribution in [0.15, 0.2) is 42.5 Å². The van der Waals surface area contributed by atoms with Crippen LogP contribution in [-0.2, 0) is 4.79 Å². The summed E-state index contributed by atoms with van der Waals surface area (Å²) in [5.41, 5.74) is 1.65. The van der Waals surface area contributed by atoms with E-state index < -0.39 is 17.7 Å². The van der Waals surface area contributed by atoms with E-state index in [0.29, 0.717) is 24.4 Å². The molecule has 1 N–H and O–H groups in total. The maximum absolute atomic E-state index is 13.7. The van der Waals surface area contributed by atoms with Gasteiger partial charge in [0.1, 0.15) is 6.10 Å². The largest absolute Gasteiger partial charge is 0.385 e. The highest BCUT2D eigenvalue weighted by molar-refractivity contribution is 5.95. The van der Waals surface area contributed by atoms with E-state index in [1.54, 1.807) is 23.1 Å². The van der Waals surface area contributed by atoms with Gasteiger partial charge in [0.05, 0.1) is 5.69 Å². The number of hydrogen-bond donors (Lipinski definition) is 1. The molecule has 4 rings (SSSR count). The number of carbonyl (C=O) groups is 1. The Bertz CT molecular complexity index is 1050. The third-order valence-electron chi connectivity index (χ3n) is 4.63. The first-order chi connectivity index (χ1) is 13.4. The van der Waals surface area contributed by atoms with E-state index in [9.17, 15) is 18.7 Å². The van der Waals surface area contributed by atoms with Crippen molar-refractivity contribution in [3.63, 3.8) is 0 Å². The molecule has 3 aromatic rings. The molecule has 1 aliphatic heterocycles. The van der Waals surface area contributed by atoms with Gasteiger partial charge in [-0.2, -0.15) is 0 Å². The number of carbonyl (C=O) groups excluding carboxylic acids is 1. The predicted octanol–water partition coefficient (Wildman–Crippen LogP) is 3.39. The topological polar surface area (TPSA) is 71.2 Å². The molecule has 1 atom stereocenters. The summed E-state index contributed by atoms with van der Waals surface area (Å²) >= 11 is 0. The summed E-state index contributed by atoms with van der Waals surface area (Å²) in [6.07, 6.45) is 0.385. The van der Waals surface area contributed by atoms with Gasteiger partial charge in [-0.15, -0.1) is 5.10 Å². The summed E-state index contributed by atoms with van der Waals surface area (Å²) in [6.45, 7) is 2.17. The van der Waals surface area contributed by atoms with E-state index in [-0.39, 0.29) is 17.4 Å². The Morgan fingerprint density at radius 1 is 1.11 bits per heavy atom. The van der Waals surface area contributed by atoms with Gasteiger partial charge in [0.15, 0.2) is 23.3 Å². The summed E-state index contributed by atoms with van der Waals surface area (Å²) in [5.74, 6) is -1.40. The van der Waals surface area contributed by atoms with Crippen LogP contribution in [-0.4, -0.2) is 32.3 Å². The highest BCUT2D eigenvalue weighted by Crippen LogP contribution is 2.29. The highest BCUT2D eigenvalue weighted by Gasteiger charge is 2.23. The maximum Gasteiger partial charge on any atom is 0.227 e. The van der Waals surface area contributed by atoms with Gasteiger partial charge >= 0.3 is 0 Å². The van der Waals surface area contributed by atoms with Crippen molar-refractivity contribution in [1.82, 2.24) is 14.8 Å². The van der Waals surface area contributed by atoms with Crippen LogP contribution in [0.3, 0.4) is 0 Å². The van der Waals surface area contributed by atoms with Crippen molar-refractivity contribution in [2.24, 2.45) is 0 Å². The average Bonchev–Trinajstić information content (AvgIpc) is 3.31. The zero-order valence-electron chi connectivity index (χ0n) is 15.1. The molecular formula is C20H18F2N4O2. The second kappa shape index (κ2) is 7.12. The van der Waals surface area contributed by atoms with Gasteiger partial charge in [0, 0.05) is 30.3 Å². The van der Waals surface area contributed by atoms with Crippen LogP contribution in [0, 0.1) is 11.6 Å². The molecule has 28 heavy (non-hydrogen) atoms. The van der Waals surface area contributed by atoms with Crippen molar-refractivity contribution in [2.75, 3.05) is 11.4 Å². The quantitative estimate of drug-likeness (QED) is 0.749. The summed E-state index contributed by atoms with van der Waals surface area (Å²) in [4.78, 5) is 18.1. The van der Waals surface area contributed by atoms with Gasteiger partial charge < -0.3 is 10.0 Å².